The summed E-state index contributed by atoms with van der Waals surface area (Å²) in [7, 11) is -3.52. The SMILES string of the molecule is COc1cc(OS(=O)(=O)C(F)(F)F)cc(OC)c1C(C)=O. The zero-order valence-electron chi connectivity index (χ0n) is 11.1. The lowest BCUT2D eigenvalue weighted by molar-refractivity contribution is -0.0500. The third-order valence-electron chi connectivity index (χ3n) is 2.32. The van der Waals surface area contributed by atoms with Crippen LogP contribution in [0.15, 0.2) is 12.1 Å². The van der Waals surface area contributed by atoms with Crippen molar-refractivity contribution in [1.29, 1.82) is 0 Å². The molecule has 0 fully saturated rings. The van der Waals surface area contributed by atoms with E-state index >= 15 is 0 Å². The van der Waals surface area contributed by atoms with Crippen LogP contribution in [-0.2, 0) is 10.1 Å². The van der Waals surface area contributed by atoms with Gasteiger partial charge in [0.25, 0.3) is 0 Å². The molecule has 0 aromatic heterocycles. The normalized spacial score (nSPS) is 11.9. The lowest BCUT2D eigenvalue weighted by Gasteiger charge is -2.14. The Balaban J connectivity index is 3.39. The molecule has 1 aromatic rings. The lowest BCUT2D eigenvalue weighted by Crippen LogP contribution is -2.28. The number of alkyl halides is 3. The van der Waals surface area contributed by atoms with Gasteiger partial charge in [0.05, 0.1) is 14.2 Å². The van der Waals surface area contributed by atoms with Crippen molar-refractivity contribution in [2.24, 2.45) is 0 Å². The molecular formula is C11H11F3O6S. The minimum atomic E-state index is -5.83. The van der Waals surface area contributed by atoms with E-state index in [-0.39, 0.29) is 17.1 Å². The number of hydrogen-bond donors (Lipinski definition) is 0. The summed E-state index contributed by atoms with van der Waals surface area (Å²) in [6.45, 7) is 1.19. The van der Waals surface area contributed by atoms with Gasteiger partial charge in [0.15, 0.2) is 5.78 Å². The first-order valence-corrected chi connectivity index (χ1v) is 6.72. The second-order valence-corrected chi connectivity index (χ2v) is 5.28. The molecule has 1 rings (SSSR count). The van der Waals surface area contributed by atoms with Gasteiger partial charge in [-0.1, -0.05) is 0 Å². The van der Waals surface area contributed by atoms with E-state index in [0.717, 1.165) is 26.4 Å². The summed E-state index contributed by atoms with van der Waals surface area (Å²) in [4.78, 5) is 11.5. The van der Waals surface area contributed by atoms with Crippen LogP contribution in [0.5, 0.6) is 17.2 Å². The number of carbonyl (C=O) groups is 1. The van der Waals surface area contributed by atoms with E-state index in [2.05, 4.69) is 4.18 Å². The highest BCUT2D eigenvalue weighted by molar-refractivity contribution is 7.88. The standard InChI is InChI=1S/C11H11F3O6S/c1-6(15)10-8(18-2)4-7(5-9(10)19-3)20-21(16,17)11(12,13)14/h4-5H,1-3H3. The predicted octanol–water partition coefficient (Wildman–Crippen LogP) is 2.13. The van der Waals surface area contributed by atoms with Crippen molar-refractivity contribution >= 4 is 15.9 Å². The van der Waals surface area contributed by atoms with Gasteiger partial charge in [0.1, 0.15) is 22.8 Å². The van der Waals surface area contributed by atoms with Crippen molar-refractivity contribution in [3.63, 3.8) is 0 Å². The average molecular weight is 328 g/mol. The maximum atomic E-state index is 12.3. The predicted molar refractivity (Wildman–Crippen MR) is 65.2 cm³/mol. The number of halogens is 3. The molecule has 0 amide bonds. The number of carbonyl (C=O) groups excluding carboxylic acids is 1. The van der Waals surface area contributed by atoms with Crippen LogP contribution in [0, 0.1) is 0 Å². The molecule has 0 aliphatic heterocycles. The Morgan fingerprint density at radius 1 is 1.10 bits per heavy atom. The largest absolute Gasteiger partial charge is 0.534 e. The van der Waals surface area contributed by atoms with Gasteiger partial charge in [-0.05, 0) is 6.92 Å². The summed E-state index contributed by atoms with van der Waals surface area (Å²) < 4.78 is 72.3. The molecule has 0 atom stereocenters. The highest BCUT2D eigenvalue weighted by atomic mass is 32.2. The van der Waals surface area contributed by atoms with Gasteiger partial charge in [0, 0.05) is 12.1 Å². The minimum Gasteiger partial charge on any atom is -0.496 e. The van der Waals surface area contributed by atoms with Crippen molar-refractivity contribution in [2.75, 3.05) is 14.2 Å². The van der Waals surface area contributed by atoms with Crippen LogP contribution < -0.4 is 13.7 Å². The molecule has 6 nitrogen and oxygen atoms in total. The van der Waals surface area contributed by atoms with Crippen LogP contribution in [0.25, 0.3) is 0 Å². The summed E-state index contributed by atoms with van der Waals surface area (Å²) in [5, 5.41) is 0. The Morgan fingerprint density at radius 3 is 1.81 bits per heavy atom. The van der Waals surface area contributed by atoms with E-state index < -0.39 is 27.2 Å². The Bertz CT molecular complexity index is 625. The molecule has 0 radical (unpaired) electrons. The maximum absolute atomic E-state index is 12.3. The van der Waals surface area contributed by atoms with Gasteiger partial charge in [0.2, 0.25) is 0 Å². The average Bonchev–Trinajstić information content (AvgIpc) is 2.35. The third-order valence-corrected chi connectivity index (χ3v) is 3.30. The number of Topliss-reactive ketones (excluding diaryl/α,β-unsaturated/α-hetero) is 1. The van der Waals surface area contributed by atoms with Crippen molar-refractivity contribution < 1.29 is 40.0 Å². The monoisotopic (exact) mass is 328 g/mol. The number of hydrogen-bond acceptors (Lipinski definition) is 6. The van der Waals surface area contributed by atoms with Gasteiger partial charge >= 0.3 is 15.6 Å². The van der Waals surface area contributed by atoms with Gasteiger partial charge < -0.3 is 13.7 Å². The van der Waals surface area contributed by atoms with Crippen molar-refractivity contribution in [3.8, 4) is 17.2 Å². The first-order chi connectivity index (χ1) is 9.53. The van der Waals surface area contributed by atoms with E-state index in [9.17, 15) is 26.4 Å². The minimum absolute atomic E-state index is 0.0447. The number of ether oxygens (including phenoxy) is 2. The molecule has 118 valence electrons. The first-order valence-electron chi connectivity index (χ1n) is 5.31. The Labute approximate surface area is 118 Å². The number of methoxy groups -OCH3 is 2. The molecule has 0 saturated carbocycles. The van der Waals surface area contributed by atoms with Crippen molar-refractivity contribution in [1.82, 2.24) is 0 Å². The molecule has 21 heavy (non-hydrogen) atoms. The second-order valence-electron chi connectivity index (χ2n) is 3.74. The molecule has 0 heterocycles. The van der Waals surface area contributed by atoms with Gasteiger partial charge in [-0.15, -0.1) is 0 Å². The molecule has 0 aliphatic carbocycles. The highest BCUT2D eigenvalue weighted by Crippen LogP contribution is 2.36. The summed E-state index contributed by atoms with van der Waals surface area (Å²) in [6.07, 6.45) is 0. The fourth-order valence-corrected chi connectivity index (χ4v) is 1.90. The first kappa shape index (κ1) is 17.1. The Hall–Kier alpha value is -1.97. The molecule has 0 unspecified atom stereocenters. The summed E-state index contributed by atoms with van der Waals surface area (Å²) in [5.74, 6) is -1.51. The van der Waals surface area contributed by atoms with Crippen molar-refractivity contribution in [2.45, 2.75) is 12.4 Å². The van der Waals surface area contributed by atoms with Gasteiger partial charge in [-0.2, -0.15) is 21.6 Å². The van der Waals surface area contributed by atoms with Crippen LogP contribution in [0.1, 0.15) is 17.3 Å². The van der Waals surface area contributed by atoms with Crippen LogP contribution in [-0.4, -0.2) is 33.9 Å². The van der Waals surface area contributed by atoms with Crippen molar-refractivity contribution in [3.05, 3.63) is 17.7 Å². The van der Waals surface area contributed by atoms with E-state index in [4.69, 9.17) is 9.47 Å². The topological polar surface area (TPSA) is 78.9 Å². The summed E-state index contributed by atoms with van der Waals surface area (Å²) in [6, 6.07) is 1.70. The molecule has 0 bridgehead atoms. The maximum Gasteiger partial charge on any atom is 0.534 e. The van der Waals surface area contributed by atoms with Crippen LogP contribution in [0.2, 0.25) is 0 Å². The van der Waals surface area contributed by atoms with Gasteiger partial charge in [-0.3, -0.25) is 4.79 Å². The van der Waals surface area contributed by atoms with Crippen LogP contribution in [0.3, 0.4) is 0 Å². The molecule has 0 aliphatic rings. The lowest BCUT2D eigenvalue weighted by atomic mass is 10.1. The number of benzene rings is 1. The number of rotatable bonds is 5. The number of ketones is 1. The summed E-state index contributed by atoms with van der Waals surface area (Å²) in [5.41, 5.74) is -5.62. The quantitative estimate of drug-likeness (QED) is 0.468. The molecule has 1 aromatic carbocycles. The fourth-order valence-electron chi connectivity index (χ4n) is 1.46. The van der Waals surface area contributed by atoms with E-state index in [0.29, 0.717) is 0 Å². The van der Waals surface area contributed by atoms with Gasteiger partial charge in [-0.25, -0.2) is 0 Å². The molecule has 0 spiro atoms. The van der Waals surface area contributed by atoms with Crippen LogP contribution >= 0.6 is 0 Å². The fraction of sp³-hybridized carbons (Fsp3) is 0.364. The highest BCUT2D eigenvalue weighted by Gasteiger charge is 2.48. The van der Waals surface area contributed by atoms with E-state index in [1.165, 1.54) is 6.92 Å². The Kier molecular flexibility index (Phi) is 4.72. The van der Waals surface area contributed by atoms with Crippen LogP contribution in [0.4, 0.5) is 13.2 Å². The summed E-state index contributed by atoms with van der Waals surface area (Å²) >= 11 is 0. The molecule has 10 heteroatoms. The zero-order chi connectivity index (χ0) is 16.4. The smallest absolute Gasteiger partial charge is 0.496 e. The van der Waals surface area contributed by atoms with E-state index in [1.54, 1.807) is 0 Å². The molecule has 0 saturated heterocycles. The second kappa shape index (κ2) is 5.80. The molecular weight excluding hydrogens is 317 g/mol. The van der Waals surface area contributed by atoms with E-state index in [1.807, 2.05) is 0 Å². The Morgan fingerprint density at radius 2 is 1.52 bits per heavy atom. The zero-order valence-corrected chi connectivity index (χ0v) is 12.0. The molecule has 0 N–H and O–H groups in total. The third kappa shape index (κ3) is 3.57.